The van der Waals surface area contributed by atoms with Crippen molar-refractivity contribution in [2.75, 3.05) is 5.32 Å². The Balaban J connectivity index is 1.93. The molecule has 4 aromatic rings. The lowest BCUT2D eigenvalue weighted by molar-refractivity contribution is 0.628. The van der Waals surface area contributed by atoms with Crippen molar-refractivity contribution in [3.8, 4) is 0 Å². The van der Waals surface area contributed by atoms with Crippen LogP contribution in [-0.2, 0) is 6.42 Å². The van der Waals surface area contributed by atoms with Crippen LogP contribution >= 0.6 is 11.6 Å². The van der Waals surface area contributed by atoms with Gasteiger partial charge in [-0.1, -0.05) is 30.7 Å². The van der Waals surface area contributed by atoms with Crippen LogP contribution in [0, 0.1) is 5.82 Å². The Labute approximate surface area is 142 Å². The lowest BCUT2D eigenvalue weighted by atomic mass is 10.2. The maximum absolute atomic E-state index is 13.3. The van der Waals surface area contributed by atoms with Crippen molar-refractivity contribution in [3.05, 3.63) is 59.1 Å². The molecule has 0 aliphatic carbocycles. The molecule has 4 rings (SSSR count). The Morgan fingerprint density at radius 2 is 2.00 bits per heavy atom. The summed E-state index contributed by atoms with van der Waals surface area (Å²) < 4.78 is 15.3. The third kappa shape index (κ3) is 2.35. The highest BCUT2D eigenvalue weighted by Gasteiger charge is 2.14. The fraction of sp³-hybridized carbons (Fsp3) is 0.118. The second-order valence-corrected chi connectivity index (χ2v) is 5.74. The summed E-state index contributed by atoms with van der Waals surface area (Å²) in [6, 6.07) is 12.2. The highest BCUT2D eigenvalue weighted by atomic mass is 35.5. The Hall–Kier alpha value is -2.73. The molecular weight excluding hydrogens is 329 g/mol. The summed E-state index contributed by atoms with van der Waals surface area (Å²) in [5.41, 5.74) is 3.00. The van der Waals surface area contributed by atoms with Crippen LogP contribution in [0.5, 0.6) is 0 Å². The molecule has 5 nitrogen and oxygen atoms in total. The summed E-state index contributed by atoms with van der Waals surface area (Å²) in [7, 11) is 0. The third-order valence-corrected chi connectivity index (χ3v) is 4.08. The van der Waals surface area contributed by atoms with Crippen LogP contribution < -0.4 is 5.32 Å². The van der Waals surface area contributed by atoms with Crippen molar-refractivity contribution in [2.45, 2.75) is 13.3 Å². The molecule has 0 spiro atoms. The molecule has 0 fully saturated rings. The molecule has 0 saturated carbocycles. The summed E-state index contributed by atoms with van der Waals surface area (Å²) in [4.78, 5) is 4.63. The molecule has 0 saturated heterocycles. The van der Waals surface area contributed by atoms with Gasteiger partial charge < -0.3 is 5.32 Å². The van der Waals surface area contributed by atoms with Gasteiger partial charge in [0.1, 0.15) is 11.6 Å². The Morgan fingerprint density at radius 3 is 2.79 bits per heavy atom. The number of halogens is 2. The number of aryl methyl sites for hydroxylation is 1. The number of hydrogen-bond donors (Lipinski definition) is 1. The predicted octanol–water partition coefficient (Wildman–Crippen LogP) is 4.38. The number of nitrogens with zero attached hydrogens (tertiary/aromatic N) is 4. The van der Waals surface area contributed by atoms with Gasteiger partial charge in [0.05, 0.1) is 16.1 Å². The number of benzene rings is 2. The molecule has 0 amide bonds. The summed E-state index contributed by atoms with van der Waals surface area (Å²) in [5, 5.41) is 11.7. The van der Waals surface area contributed by atoms with Crippen molar-refractivity contribution >= 4 is 39.8 Å². The van der Waals surface area contributed by atoms with E-state index >= 15 is 0 Å². The molecule has 0 aliphatic heterocycles. The number of nitrogens with one attached hydrogen (secondary N) is 1. The van der Waals surface area contributed by atoms with E-state index in [4.69, 9.17) is 11.6 Å². The number of para-hydroxylation sites is 2. The van der Waals surface area contributed by atoms with E-state index in [0.29, 0.717) is 17.2 Å². The zero-order chi connectivity index (χ0) is 16.7. The second-order valence-electron chi connectivity index (χ2n) is 5.33. The first kappa shape index (κ1) is 14.8. The van der Waals surface area contributed by atoms with Crippen LogP contribution in [0.15, 0.2) is 42.5 Å². The molecule has 2 heterocycles. The van der Waals surface area contributed by atoms with E-state index in [-0.39, 0.29) is 5.02 Å². The molecule has 24 heavy (non-hydrogen) atoms. The van der Waals surface area contributed by atoms with Crippen LogP contribution in [0.4, 0.5) is 15.9 Å². The molecule has 0 aliphatic rings. The largest absolute Gasteiger partial charge is 0.337 e. The van der Waals surface area contributed by atoms with Gasteiger partial charge in [0, 0.05) is 12.1 Å². The van der Waals surface area contributed by atoms with E-state index in [1.54, 1.807) is 6.07 Å². The average molecular weight is 342 g/mol. The predicted molar refractivity (Wildman–Crippen MR) is 92.4 cm³/mol. The lowest BCUT2D eigenvalue weighted by Gasteiger charge is -2.10. The van der Waals surface area contributed by atoms with Crippen LogP contribution in [0.1, 0.15) is 12.7 Å². The third-order valence-electron chi connectivity index (χ3n) is 3.80. The molecule has 0 atom stereocenters. The summed E-state index contributed by atoms with van der Waals surface area (Å²) >= 11 is 5.85. The van der Waals surface area contributed by atoms with Gasteiger partial charge in [0.15, 0.2) is 5.82 Å². The molecular formula is C17H13ClFN5. The van der Waals surface area contributed by atoms with E-state index in [2.05, 4.69) is 20.5 Å². The summed E-state index contributed by atoms with van der Waals surface area (Å²) in [6.07, 6.45) is 0.747. The number of fused-ring (bicyclic) bond motifs is 3. The molecule has 7 heteroatoms. The number of hydrogen-bond acceptors (Lipinski definition) is 4. The first-order chi connectivity index (χ1) is 11.7. The molecule has 2 aromatic heterocycles. The van der Waals surface area contributed by atoms with Gasteiger partial charge in [-0.15, -0.1) is 10.2 Å². The van der Waals surface area contributed by atoms with Crippen molar-refractivity contribution in [1.29, 1.82) is 0 Å². The van der Waals surface area contributed by atoms with Crippen LogP contribution in [0.3, 0.4) is 0 Å². The first-order valence-corrected chi connectivity index (χ1v) is 7.90. The maximum atomic E-state index is 13.3. The summed E-state index contributed by atoms with van der Waals surface area (Å²) in [5.74, 6) is 0.932. The molecule has 120 valence electrons. The van der Waals surface area contributed by atoms with Gasteiger partial charge in [-0.25, -0.2) is 9.37 Å². The normalized spacial score (nSPS) is 11.3. The zero-order valence-corrected chi connectivity index (χ0v) is 13.5. The first-order valence-electron chi connectivity index (χ1n) is 7.52. The number of rotatable bonds is 3. The summed E-state index contributed by atoms with van der Waals surface area (Å²) in [6.45, 7) is 2.03. The van der Waals surface area contributed by atoms with E-state index in [1.165, 1.54) is 12.1 Å². The molecule has 2 aromatic carbocycles. The van der Waals surface area contributed by atoms with E-state index in [0.717, 1.165) is 23.3 Å². The van der Waals surface area contributed by atoms with Crippen molar-refractivity contribution in [2.24, 2.45) is 0 Å². The monoisotopic (exact) mass is 341 g/mol. The maximum Gasteiger partial charge on any atom is 0.204 e. The quantitative estimate of drug-likeness (QED) is 0.601. The van der Waals surface area contributed by atoms with E-state index < -0.39 is 5.82 Å². The standard InChI is InChI=1S/C17H13ClFN5/c1-2-15-22-23-17-16(20-10-7-8-12(19)11(18)9-10)21-13-5-3-4-6-14(13)24(15)17/h3-9H,2H2,1H3,(H,20,21). The SMILES string of the molecule is CCc1nnc2c(Nc3ccc(F)c(Cl)c3)nc3ccccc3n12. The lowest BCUT2D eigenvalue weighted by Crippen LogP contribution is -2.02. The van der Waals surface area contributed by atoms with Gasteiger partial charge in [-0.05, 0) is 30.3 Å². The van der Waals surface area contributed by atoms with Crippen molar-refractivity contribution in [3.63, 3.8) is 0 Å². The number of aromatic nitrogens is 4. The van der Waals surface area contributed by atoms with Crippen molar-refractivity contribution < 1.29 is 4.39 Å². The topological polar surface area (TPSA) is 55.1 Å². The molecule has 1 N–H and O–H groups in total. The van der Waals surface area contributed by atoms with Crippen LogP contribution in [-0.4, -0.2) is 19.6 Å². The van der Waals surface area contributed by atoms with Crippen molar-refractivity contribution in [1.82, 2.24) is 19.6 Å². The van der Waals surface area contributed by atoms with Crippen LogP contribution in [0.2, 0.25) is 5.02 Å². The fourth-order valence-electron chi connectivity index (χ4n) is 2.66. The fourth-order valence-corrected chi connectivity index (χ4v) is 2.85. The van der Waals surface area contributed by atoms with Gasteiger partial charge in [0.2, 0.25) is 5.65 Å². The Kier molecular flexibility index (Phi) is 3.54. The van der Waals surface area contributed by atoms with Gasteiger partial charge in [-0.3, -0.25) is 4.40 Å². The van der Waals surface area contributed by atoms with Gasteiger partial charge >= 0.3 is 0 Å². The van der Waals surface area contributed by atoms with Gasteiger partial charge in [0.25, 0.3) is 0 Å². The highest BCUT2D eigenvalue weighted by molar-refractivity contribution is 6.31. The highest BCUT2D eigenvalue weighted by Crippen LogP contribution is 2.26. The minimum atomic E-state index is -0.463. The Bertz CT molecular complexity index is 1060. The molecule has 0 radical (unpaired) electrons. The smallest absolute Gasteiger partial charge is 0.204 e. The molecule has 0 unspecified atom stereocenters. The minimum absolute atomic E-state index is 0.0486. The zero-order valence-electron chi connectivity index (χ0n) is 12.8. The minimum Gasteiger partial charge on any atom is -0.337 e. The Morgan fingerprint density at radius 1 is 1.17 bits per heavy atom. The van der Waals surface area contributed by atoms with E-state index in [9.17, 15) is 4.39 Å². The molecule has 0 bridgehead atoms. The second kappa shape index (κ2) is 5.72. The number of anilines is 2. The van der Waals surface area contributed by atoms with E-state index in [1.807, 2.05) is 35.6 Å². The van der Waals surface area contributed by atoms with Gasteiger partial charge in [-0.2, -0.15) is 0 Å². The average Bonchev–Trinajstić information content (AvgIpc) is 3.03. The van der Waals surface area contributed by atoms with Crippen LogP contribution in [0.25, 0.3) is 16.7 Å².